The van der Waals surface area contributed by atoms with E-state index < -0.39 is 5.54 Å². The first-order chi connectivity index (χ1) is 8.09. The summed E-state index contributed by atoms with van der Waals surface area (Å²) in [6.07, 6.45) is 1.26. The van der Waals surface area contributed by atoms with Crippen molar-refractivity contribution in [2.45, 2.75) is 39.2 Å². The van der Waals surface area contributed by atoms with E-state index in [4.69, 9.17) is 10.5 Å². The van der Waals surface area contributed by atoms with Gasteiger partial charge in [-0.05, 0) is 31.9 Å². The number of para-hydroxylation sites is 1. The molecule has 0 fully saturated rings. The first-order valence-electron chi connectivity index (χ1n) is 6.14. The maximum atomic E-state index is 12.4. The predicted octanol–water partition coefficient (Wildman–Crippen LogP) is 2.79. The Morgan fingerprint density at radius 3 is 2.35 bits per heavy atom. The van der Waals surface area contributed by atoms with E-state index in [0.29, 0.717) is 30.8 Å². The first-order valence-corrected chi connectivity index (χ1v) is 6.14. The zero-order chi connectivity index (χ0) is 12.9. The zero-order valence-corrected chi connectivity index (χ0v) is 10.8. The molecule has 0 unspecified atom stereocenters. The molecular weight excluding hydrogens is 214 g/mol. The second-order valence-corrected chi connectivity index (χ2v) is 4.12. The third kappa shape index (κ3) is 2.86. The average molecular weight is 235 g/mol. The molecule has 0 aliphatic rings. The van der Waals surface area contributed by atoms with Crippen LogP contribution in [0.2, 0.25) is 0 Å². The molecule has 1 aromatic rings. The largest absolute Gasteiger partial charge is 0.493 e. The fourth-order valence-electron chi connectivity index (χ4n) is 1.77. The van der Waals surface area contributed by atoms with Gasteiger partial charge >= 0.3 is 0 Å². The van der Waals surface area contributed by atoms with E-state index in [-0.39, 0.29) is 5.78 Å². The van der Waals surface area contributed by atoms with Crippen molar-refractivity contribution in [3.8, 4) is 5.75 Å². The molecule has 0 spiro atoms. The van der Waals surface area contributed by atoms with E-state index in [1.165, 1.54) is 0 Å². The molecule has 0 aliphatic heterocycles. The molecule has 3 heteroatoms. The minimum Gasteiger partial charge on any atom is -0.493 e. The van der Waals surface area contributed by atoms with Crippen molar-refractivity contribution in [3.05, 3.63) is 29.8 Å². The van der Waals surface area contributed by atoms with Crippen molar-refractivity contribution in [1.82, 2.24) is 0 Å². The molecule has 2 N–H and O–H groups in total. The molecule has 1 rings (SSSR count). The van der Waals surface area contributed by atoms with E-state index in [0.717, 1.165) is 0 Å². The average Bonchev–Trinajstić information content (AvgIpc) is 2.38. The number of ether oxygens (including phenoxy) is 1. The normalized spacial score (nSPS) is 11.3. The highest BCUT2D eigenvalue weighted by Gasteiger charge is 2.32. The standard InChI is InChI=1S/C14H21NO2/c1-4-14(15,5-2)13(16)11-9-7-8-10-12(11)17-6-3/h7-10H,4-6,15H2,1-3H3. The van der Waals surface area contributed by atoms with E-state index in [1.807, 2.05) is 39.0 Å². The van der Waals surface area contributed by atoms with Gasteiger partial charge in [0.1, 0.15) is 5.75 Å². The van der Waals surface area contributed by atoms with Crippen molar-refractivity contribution in [1.29, 1.82) is 0 Å². The number of hydrogen-bond donors (Lipinski definition) is 1. The van der Waals surface area contributed by atoms with Crippen LogP contribution >= 0.6 is 0 Å². The second kappa shape index (κ2) is 5.82. The summed E-state index contributed by atoms with van der Waals surface area (Å²) in [5, 5.41) is 0. The van der Waals surface area contributed by atoms with Crippen molar-refractivity contribution in [2.24, 2.45) is 5.73 Å². The quantitative estimate of drug-likeness (QED) is 0.771. The smallest absolute Gasteiger partial charge is 0.186 e. The SMILES string of the molecule is CCOc1ccccc1C(=O)C(N)(CC)CC. The Hall–Kier alpha value is -1.35. The van der Waals surface area contributed by atoms with Crippen LogP contribution in [-0.4, -0.2) is 17.9 Å². The van der Waals surface area contributed by atoms with Crippen LogP contribution < -0.4 is 10.5 Å². The number of benzene rings is 1. The van der Waals surface area contributed by atoms with E-state index in [9.17, 15) is 4.79 Å². The number of carbonyl (C=O) groups excluding carboxylic acids is 1. The summed E-state index contributed by atoms with van der Waals surface area (Å²) in [5.74, 6) is 0.586. The van der Waals surface area contributed by atoms with Crippen LogP contribution in [0.25, 0.3) is 0 Å². The van der Waals surface area contributed by atoms with Gasteiger partial charge in [0.05, 0.1) is 17.7 Å². The molecule has 0 aromatic heterocycles. The molecule has 0 saturated carbocycles. The van der Waals surface area contributed by atoms with Gasteiger partial charge in [-0.3, -0.25) is 4.79 Å². The van der Waals surface area contributed by atoms with Gasteiger partial charge in [-0.2, -0.15) is 0 Å². The number of Topliss-reactive ketones (excluding diaryl/α,β-unsaturated/α-hetero) is 1. The Kier molecular flexibility index (Phi) is 4.70. The summed E-state index contributed by atoms with van der Waals surface area (Å²) in [5.41, 5.74) is 5.93. The van der Waals surface area contributed by atoms with E-state index in [2.05, 4.69) is 0 Å². The Balaban J connectivity index is 3.11. The fourth-order valence-corrected chi connectivity index (χ4v) is 1.77. The molecule has 0 bridgehead atoms. The van der Waals surface area contributed by atoms with Gasteiger partial charge in [0.15, 0.2) is 5.78 Å². The highest BCUT2D eigenvalue weighted by molar-refractivity contribution is 6.05. The molecule has 1 aromatic carbocycles. The van der Waals surface area contributed by atoms with Crippen LogP contribution in [0.1, 0.15) is 44.0 Å². The lowest BCUT2D eigenvalue weighted by Crippen LogP contribution is -2.46. The first kappa shape index (κ1) is 13.7. The molecule has 0 aliphatic carbocycles. The third-order valence-corrected chi connectivity index (χ3v) is 3.15. The lowest BCUT2D eigenvalue weighted by molar-refractivity contribution is 0.0875. The Morgan fingerprint density at radius 2 is 1.82 bits per heavy atom. The Morgan fingerprint density at radius 1 is 1.24 bits per heavy atom. The van der Waals surface area contributed by atoms with E-state index in [1.54, 1.807) is 6.07 Å². The second-order valence-electron chi connectivity index (χ2n) is 4.12. The van der Waals surface area contributed by atoms with Crippen molar-refractivity contribution in [2.75, 3.05) is 6.61 Å². The lowest BCUT2D eigenvalue weighted by Gasteiger charge is -2.25. The monoisotopic (exact) mass is 235 g/mol. The maximum Gasteiger partial charge on any atom is 0.186 e. The topological polar surface area (TPSA) is 52.3 Å². The van der Waals surface area contributed by atoms with Gasteiger partial charge in [-0.15, -0.1) is 0 Å². The van der Waals surface area contributed by atoms with Gasteiger partial charge < -0.3 is 10.5 Å². The van der Waals surface area contributed by atoms with Crippen LogP contribution in [0.4, 0.5) is 0 Å². The summed E-state index contributed by atoms with van der Waals surface area (Å²) in [7, 11) is 0. The van der Waals surface area contributed by atoms with Crippen LogP contribution in [-0.2, 0) is 0 Å². The molecule has 0 radical (unpaired) electrons. The van der Waals surface area contributed by atoms with Gasteiger partial charge in [0, 0.05) is 0 Å². The van der Waals surface area contributed by atoms with Crippen molar-refractivity contribution in [3.63, 3.8) is 0 Å². The summed E-state index contributed by atoms with van der Waals surface area (Å²) in [6, 6.07) is 7.28. The molecule has 0 atom stereocenters. The van der Waals surface area contributed by atoms with Gasteiger partial charge in [0.2, 0.25) is 0 Å². The molecule has 3 nitrogen and oxygen atoms in total. The number of nitrogens with two attached hydrogens (primary N) is 1. The highest BCUT2D eigenvalue weighted by Crippen LogP contribution is 2.25. The van der Waals surface area contributed by atoms with Gasteiger partial charge in [0.25, 0.3) is 0 Å². The predicted molar refractivity (Wildman–Crippen MR) is 69.4 cm³/mol. The molecule has 0 heterocycles. The van der Waals surface area contributed by atoms with Crippen molar-refractivity contribution < 1.29 is 9.53 Å². The van der Waals surface area contributed by atoms with Gasteiger partial charge in [-0.25, -0.2) is 0 Å². The highest BCUT2D eigenvalue weighted by atomic mass is 16.5. The van der Waals surface area contributed by atoms with Crippen LogP contribution in [0, 0.1) is 0 Å². The summed E-state index contributed by atoms with van der Waals surface area (Å²) < 4.78 is 5.47. The molecule has 0 amide bonds. The number of rotatable bonds is 6. The minimum atomic E-state index is -0.785. The van der Waals surface area contributed by atoms with Crippen LogP contribution in [0.15, 0.2) is 24.3 Å². The van der Waals surface area contributed by atoms with Crippen LogP contribution in [0.5, 0.6) is 5.75 Å². The molecular formula is C14H21NO2. The van der Waals surface area contributed by atoms with Crippen molar-refractivity contribution >= 4 is 5.78 Å². The zero-order valence-electron chi connectivity index (χ0n) is 10.8. The number of ketones is 1. The van der Waals surface area contributed by atoms with Gasteiger partial charge in [-0.1, -0.05) is 26.0 Å². The van der Waals surface area contributed by atoms with E-state index >= 15 is 0 Å². The molecule has 94 valence electrons. The minimum absolute atomic E-state index is 0.0356. The Labute approximate surface area is 103 Å². The number of hydrogen-bond acceptors (Lipinski definition) is 3. The van der Waals surface area contributed by atoms with Crippen LogP contribution in [0.3, 0.4) is 0 Å². The lowest BCUT2D eigenvalue weighted by atomic mass is 9.85. The Bertz CT molecular complexity index is 384. The fraction of sp³-hybridized carbons (Fsp3) is 0.500. The third-order valence-electron chi connectivity index (χ3n) is 3.15. The summed E-state index contributed by atoms with van der Waals surface area (Å²) in [4.78, 5) is 12.4. The molecule has 17 heavy (non-hydrogen) atoms. The number of carbonyl (C=O) groups is 1. The molecule has 0 saturated heterocycles. The summed E-state index contributed by atoms with van der Waals surface area (Å²) >= 11 is 0. The summed E-state index contributed by atoms with van der Waals surface area (Å²) in [6.45, 7) is 6.31. The maximum absolute atomic E-state index is 12.4.